The van der Waals surface area contributed by atoms with E-state index in [1.165, 1.54) is 12.1 Å². The van der Waals surface area contributed by atoms with Crippen molar-refractivity contribution < 1.29 is 22.6 Å². The highest BCUT2D eigenvalue weighted by Crippen LogP contribution is 2.32. The normalized spacial score (nSPS) is 13.3. The predicted molar refractivity (Wildman–Crippen MR) is 92.8 cm³/mol. The lowest BCUT2D eigenvalue weighted by Gasteiger charge is -2.19. The van der Waals surface area contributed by atoms with Gasteiger partial charge in [-0.1, -0.05) is 0 Å². The molecule has 25 heavy (non-hydrogen) atoms. The Labute approximate surface area is 146 Å². The quantitative estimate of drug-likeness (QED) is 0.721. The number of pyridine rings is 1. The molecule has 0 saturated heterocycles. The van der Waals surface area contributed by atoms with Crippen LogP contribution in [0.4, 0.5) is 11.5 Å². The molecule has 0 bridgehead atoms. The third kappa shape index (κ3) is 4.31. The molecule has 8 nitrogen and oxygen atoms in total. The molecule has 0 atom stereocenters. The van der Waals surface area contributed by atoms with Gasteiger partial charge in [-0.15, -0.1) is 0 Å². The lowest BCUT2D eigenvalue weighted by Crippen LogP contribution is -2.17. The second-order valence-electron chi connectivity index (χ2n) is 5.26. The van der Waals surface area contributed by atoms with E-state index in [-0.39, 0.29) is 10.7 Å². The van der Waals surface area contributed by atoms with Gasteiger partial charge in [-0.2, -0.15) is 0 Å². The molecule has 2 aromatic rings. The highest BCUT2D eigenvalue weighted by atomic mass is 32.2. The van der Waals surface area contributed by atoms with Crippen LogP contribution in [0.15, 0.2) is 41.4 Å². The summed E-state index contributed by atoms with van der Waals surface area (Å²) in [6.07, 6.45) is 1.55. The van der Waals surface area contributed by atoms with Crippen molar-refractivity contribution in [1.29, 1.82) is 0 Å². The number of hydrogen-bond donors (Lipinski definition) is 2. The monoisotopic (exact) mass is 365 g/mol. The molecule has 1 aromatic carbocycles. The summed E-state index contributed by atoms with van der Waals surface area (Å²) in [5.41, 5.74) is 0.777. The van der Waals surface area contributed by atoms with Crippen LogP contribution >= 0.6 is 0 Å². The first-order valence-electron chi connectivity index (χ1n) is 7.70. The van der Waals surface area contributed by atoms with Gasteiger partial charge in [0, 0.05) is 19.7 Å². The average molecular weight is 365 g/mol. The number of sulfonamides is 1. The van der Waals surface area contributed by atoms with Crippen molar-refractivity contribution in [3.05, 3.63) is 36.5 Å². The number of methoxy groups -OCH3 is 1. The Kier molecular flexibility index (Phi) is 5.25. The highest BCUT2D eigenvalue weighted by molar-refractivity contribution is 7.92. The maximum Gasteiger partial charge on any atom is 0.263 e. The van der Waals surface area contributed by atoms with Crippen LogP contribution in [-0.4, -0.2) is 46.9 Å². The SMILES string of the molecule is COCCNc1ccc(NS(=O)(=O)c2ccc3c(c2)OCCO3)nc1. The van der Waals surface area contributed by atoms with E-state index in [0.717, 1.165) is 5.69 Å². The number of fused-ring (bicyclic) bond motifs is 1. The molecule has 1 aliphatic heterocycles. The molecular formula is C16H19N3O5S. The summed E-state index contributed by atoms with van der Waals surface area (Å²) in [4.78, 5) is 4.19. The molecule has 0 fully saturated rings. The van der Waals surface area contributed by atoms with Gasteiger partial charge in [0.1, 0.15) is 19.0 Å². The van der Waals surface area contributed by atoms with Crippen LogP contribution in [0.2, 0.25) is 0 Å². The number of aromatic nitrogens is 1. The molecule has 134 valence electrons. The molecular weight excluding hydrogens is 346 g/mol. The van der Waals surface area contributed by atoms with Gasteiger partial charge < -0.3 is 19.5 Å². The second-order valence-corrected chi connectivity index (χ2v) is 6.95. The summed E-state index contributed by atoms with van der Waals surface area (Å²) in [5.74, 6) is 1.18. The van der Waals surface area contributed by atoms with Crippen molar-refractivity contribution in [2.45, 2.75) is 4.90 Å². The summed E-state index contributed by atoms with van der Waals surface area (Å²) in [5, 5.41) is 3.11. The molecule has 0 unspecified atom stereocenters. The van der Waals surface area contributed by atoms with Crippen molar-refractivity contribution in [3.63, 3.8) is 0 Å². The van der Waals surface area contributed by atoms with Crippen LogP contribution in [0.25, 0.3) is 0 Å². The Morgan fingerprint density at radius 2 is 1.96 bits per heavy atom. The third-order valence-electron chi connectivity index (χ3n) is 3.46. The van der Waals surface area contributed by atoms with E-state index in [0.29, 0.717) is 37.9 Å². The van der Waals surface area contributed by atoms with Crippen molar-refractivity contribution in [1.82, 2.24) is 4.98 Å². The summed E-state index contributed by atoms with van der Waals surface area (Å²) in [6.45, 7) is 2.05. The average Bonchev–Trinajstić information content (AvgIpc) is 2.63. The van der Waals surface area contributed by atoms with Gasteiger partial charge in [-0.3, -0.25) is 4.72 Å². The minimum atomic E-state index is -3.77. The third-order valence-corrected chi connectivity index (χ3v) is 4.81. The fourth-order valence-electron chi connectivity index (χ4n) is 2.24. The lowest BCUT2D eigenvalue weighted by atomic mass is 10.3. The minimum Gasteiger partial charge on any atom is -0.486 e. The number of anilines is 2. The zero-order valence-corrected chi connectivity index (χ0v) is 14.5. The molecule has 0 amide bonds. The number of hydrogen-bond acceptors (Lipinski definition) is 7. The molecule has 2 heterocycles. The predicted octanol–water partition coefficient (Wildman–Crippen LogP) is 1.71. The van der Waals surface area contributed by atoms with Crippen molar-refractivity contribution in [3.8, 4) is 11.5 Å². The maximum absolute atomic E-state index is 12.5. The van der Waals surface area contributed by atoms with Gasteiger partial charge in [-0.25, -0.2) is 13.4 Å². The van der Waals surface area contributed by atoms with Gasteiger partial charge in [0.05, 0.1) is 23.4 Å². The largest absolute Gasteiger partial charge is 0.486 e. The van der Waals surface area contributed by atoms with Gasteiger partial charge in [-0.05, 0) is 24.3 Å². The van der Waals surface area contributed by atoms with Gasteiger partial charge in [0.15, 0.2) is 11.5 Å². The minimum absolute atomic E-state index is 0.0841. The van der Waals surface area contributed by atoms with Crippen LogP contribution in [0, 0.1) is 0 Å². The summed E-state index contributed by atoms with van der Waals surface area (Å²) >= 11 is 0. The highest BCUT2D eigenvalue weighted by Gasteiger charge is 2.19. The Morgan fingerprint density at radius 3 is 2.68 bits per heavy atom. The molecule has 0 spiro atoms. The Morgan fingerprint density at radius 1 is 1.16 bits per heavy atom. The van der Waals surface area contributed by atoms with Crippen LogP contribution in [0.3, 0.4) is 0 Å². The van der Waals surface area contributed by atoms with Gasteiger partial charge in [0.2, 0.25) is 0 Å². The van der Waals surface area contributed by atoms with E-state index in [2.05, 4.69) is 15.0 Å². The molecule has 0 radical (unpaired) electrons. The summed E-state index contributed by atoms with van der Waals surface area (Å²) < 4.78 is 43.2. The zero-order valence-electron chi connectivity index (χ0n) is 13.7. The first kappa shape index (κ1) is 17.3. The maximum atomic E-state index is 12.5. The van der Waals surface area contributed by atoms with Crippen molar-refractivity contribution in [2.75, 3.05) is 43.5 Å². The number of rotatable bonds is 7. The van der Waals surface area contributed by atoms with Crippen LogP contribution in [-0.2, 0) is 14.8 Å². The molecule has 0 saturated carbocycles. The topological polar surface area (TPSA) is 98.8 Å². The molecule has 3 rings (SSSR count). The molecule has 9 heteroatoms. The van der Waals surface area contributed by atoms with E-state index in [9.17, 15) is 8.42 Å². The molecule has 2 N–H and O–H groups in total. The summed E-state index contributed by atoms with van der Waals surface area (Å²) in [6, 6.07) is 7.82. The fourth-order valence-corrected chi connectivity index (χ4v) is 3.27. The van der Waals surface area contributed by atoms with Crippen molar-refractivity contribution >= 4 is 21.5 Å². The standard InChI is InChI=1S/C16H19N3O5S/c1-22-7-6-17-12-2-5-16(18-11-12)19-25(20,21)13-3-4-14-15(10-13)24-9-8-23-14/h2-5,10-11,17H,6-9H2,1H3,(H,18,19). The Hall–Kier alpha value is -2.52. The molecule has 1 aliphatic rings. The first-order chi connectivity index (χ1) is 12.1. The van der Waals surface area contributed by atoms with E-state index in [4.69, 9.17) is 14.2 Å². The van der Waals surface area contributed by atoms with E-state index >= 15 is 0 Å². The van der Waals surface area contributed by atoms with Crippen LogP contribution in [0.1, 0.15) is 0 Å². The Balaban J connectivity index is 1.71. The number of ether oxygens (including phenoxy) is 3. The molecule has 1 aromatic heterocycles. The second kappa shape index (κ2) is 7.58. The van der Waals surface area contributed by atoms with Crippen LogP contribution < -0.4 is 19.5 Å². The first-order valence-corrected chi connectivity index (χ1v) is 9.18. The summed E-state index contributed by atoms with van der Waals surface area (Å²) in [7, 11) is -2.15. The number of nitrogens with zero attached hydrogens (tertiary/aromatic N) is 1. The van der Waals surface area contributed by atoms with E-state index in [1.807, 2.05) is 0 Å². The van der Waals surface area contributed by atoms with Gasteiger partial charge >= 0.3 is 0 Å². The zero-order chi connectivity index (χ0) is 17.7. The fraction of sp³-hybridized carbons (Fsp3) is 0.312. The van der Waals surface area contributed by atoms with Crippen molar-refractivity contribution in [2.24, 2.45) is 0 Å². The van der Waals surface area contributed by atoms with E-state index < -0.39 is 10.0 Å². The van der Waals surface area contributed by atoms with E-state index in [1.54, 1.807) is 31.5 Å². The number of nitrogens with one attached hydrogen (secondary N) is 2. The smallest absolute Gasteiger partial charge is 0.263 e. The van der Waals surface area contributed by atoms with Crippen LogP contribution in [0.5, 0.6) is 11.5 Å². The van der Waals surface area contributed by atoms with Gasteiger partial charge in [0.25, 0.3) is 10.0 Å². The number of benzene rings is 1. The molecule has 0 aliphatic carbocycles. The Bertz CT molecular complexity index is 824. The lowest BCUT2D eigenvalue weighted by molar-refractivity contribution is 0.171.